The van der Waals surface area contributed by atoms with Crippen LogP contribution >= 0.6 is 11.3 Å². The summed E-state index contributed by atoms with van der Waals surface area (Å²) < 4.78 is 2.11. The van der Waals surface area contributed by atoms with Crippen molar-refractivity contribution in [3.05, 3.63) is 23.2 Å². The Balaban J connectivity index is 1.61. The minimum atomic E-state index is 0.532. The van der Waals surface area contributed by atoms with Gasteiger partial charge in [0, 0.05) is 11.4 Å². The highest BCUT2D eigenvalue weighted by molar-refractivity contribution is 7.15. The number of aryl methyl sites for hydroxylation is 1. The van der Waals surface area contributed by atoms with Gasteiger partial charge in [-0.15, -0.1) is 16.4 Å². The van der Waals surface area contributed by atoms with Crippen molar-refractivity contribution in [3.8, 4) is 10.6 Å². The van der Waals surface area contributed by atoms with Crippen molar-refractivity contribution in [3.63, 3.8) is 0 Å². The van der Waals surface area contributed by atoms with Gasteiger partial charge >= 0.3 is 0 Å². The molecule has 100 valence electrons. The Morgan fingerprint density at radius 3 is 2.74 bits per heavy atom. The molecule has 0 saturated carbocycles. The maximum absolute atomic E-state index is 4.39. The molecule has 0 aromatic carbocycles. The first-order valence-electron chi connectivity index (χ1n) is 7.00. The minimum absolute atomic E-state index is 0.532. The molecule has 3 saturated heterocycles. The molecule has 3 aliphatic heterocycles. The Morgan fingerprint density at radius 2 is 2.11 bits per heavy atom. The van der Waals surface area contributed by atoms with Crippen LogP contribution in [0.3, 0.4) is 0 Å². The summed E-state index contributed by atoms with van der Waals surface area (Å²) in [5, 5.41) is 8.75. The van der Waals surface area contributed by atoms with E-state index in [0.29, 0.717) is 6.04 Å². The number of hydrogen-bond donors (Lipinski definition) is 0. The van der Waals surface area contributed by atoms with E-state index in [-0.39, 0.29) is 0 Å². The monoisotopic (exact) mass is 274 g/mol. The van der Waals surface area contributed by atoms with E-state index >= 15 is 0 Å². The normalized spacial score (nSPS) is 29.8. The molecule has 0 radical (unpaired) electrons. The van der Waals surface area contributed by atoms with Gasteiger partial charge in [-0.2, -0.15) is 0 Å². The molecule has 2 aromatic rings. The summed E-state index contributed by atoms with van der Waals surface area (Å²) in [6, 6.07) is 4.82. The first kappa shape index (κ1) is 11.6. The van der Waals surface area contributed by atoms with Gasteiger partial charge in [0.25, 0.3) is 0 Å². The van der Waals surface area contributed by atoms with Crippen LogP contribution in [0.15, 0.2) is 18.3 Å². The van der Waals surface area contributed by atoms with Crippen LogP contribution in [0, 0.1) is 12.8 Å². The van der Waals surface area contributed by atoms with Crippen molar-refractivity contribution < 1.29 is 0 Å². The van der Waals surface area contributed by atoms with E-state index < -0.39 is 0 Å². The van der Waals surface area contributed by atoms with E-state index in [1.165, 1.54) is 35.7 Å². The molecule has 19 heavy (non-hydrogen) atoms. The van der Waals surface area contributed by atoms with Gasteiger partial charge in [0.15, 0.2) is 0 Å². The Kier molecular flexibility index (Phi) is 2.70. The molecule has 0 spiro atoms. The van der Waals surface area contributed by atoms with E-state index in [2.05, 4.69) is 45.1 Å². The number of thiophene rings is 1. The predicted molar refractivity (Wildman–Crippen MR) is 76.3 cm³/mol. The molecule has 5 rings (SSSR count). The topological polar surface area (TPSA) is 34.0 Å². The number of piperidine rings is 3. The lowest BCUT2D eigenvalue weighted by atomic mass is 9.84. The van der Waals surface area contributed by atoms with E-state index in [4.69, 9.17) is 0 Å². The fraction of sp³-hybridized carbons (Fsp3) is 0.571. The molecule has 3 fully saturated rings. The number of fused-ring (bicyclic) bond motifs is 3. The lowest BCUT2D eigenvalue weighted by Gasteiger charge is -2.44. The first-order valence-corrected chi connectivity index (χ1v) is 7.82. The summed E-state index contributed by atoms with van der Waals surface area (Å²) in [5.74, 6) is 0.796. The largest absolute Gasteiger partial charge is 0.301 e. The molecular formula is C14H18N4S. The van der Waals surface area contributed by atoms with Crippen LogP contribution in [-0.2, 0) is 0 Å². The van der Waals surface area contributed by atoms with Crippen LogP contribution in [0.4, 0.5) is 0 Å². The predicted octanol–water partition coefficient (Wildman–Crippen LogP) is 2.58. The number of nitrogens with zero attached hydrogens (tertiary/aromatic N) is 4. The van der Waals surface area contributed by atoms with Crippen LogP contribution in [0.2, 0.25) is 0 Å². The molecule has 3 aliphatic rings. The summed E-state index contributed by atoms with van der Waals surface area (Å²) >= 11 is 1.79. The second-order valence-electron chi connectivity index (χ2n) is 5.70. The second-order valence-corrected chi connectivity index (χ2v) is 6.99. The van der Waals surface area contributed by atoms with E-state index in [9.17, 15) is 0 Å². The zero-order valence-corrected chi connectivity index (χ0v) is 11.9. The molecule has 0 amide bonds. The average Bonchev–Trinajstić information content (AvgIpc) is 3.08. The van der Waals surface area contributed by atoms with E-state index in [1.807, 2.05) is 0 Å². The van der Waals surface area contributed by atoms with Crippen molar-refractivity contribution in [1.82, 2.24) is 19.9 Å². The first-order chi connectivity index (χ1) is 9.29. The zero-order chi connectivity index (χ0) is 12.8. The summed E-state index contributed by atoms with van der Waals surface area (Å²) in [7, 11) is 0. The standard InChI is InChI=1S/C14H18N4S/c1-10-2-3-14(19-10)12-8-18(16-15-12)13-9-17-6-4-11(13)5-7-17/h2-3,8,11,13H,4-7,9H2,1H3/t13-/m0/s1. The molecule has 5 heterocycles. The van der Waals surface area contributed by atoms with E-state index in [0.717, 1.165) is 18.2 Å². The quantitative estimate of drug-likeness (QED) is 0.844. The summed E-state index contributed by atoms with van der Waals surface area (Å²) in [4.78, 5) is 5.11. The lowest BCUT2D eigenvalue weighted by molar-refractivity contribution is 0.0504. The van der Waals surface area contributed by atoms with Crippen LogP contribution < -0.4 is 0 Å². The van der Waals surface area contributed by atoms with Crippen LogP contribution in [0.1, 0.15) is 23.8 Å². The number of hydrogen-bond acceptors (Lipinski definition) is 4. The third kappa shape index (κ3) is 2.01. The van der Waals surface area contributed by atoms with Crippen molar-refractivity contribution in [2.45, 2.75) is 25.8 Å². The van der Waals surface area contributed by atoms with Gasteiger partial charge in [-0.1, -0.05) is 5.21 Å². The maximum Gasteiger partial charge on any atom is 0.123 e. The molecule has 4 nitrogen and oxygen atoms in total. The fourth-order valence-electron chi connectivity index (χ4n) is 3.36. The molecule has 2 aromatic heterocycles. The second kappa shape index (κ2) is 4.42. The lowest BCUT2D eigenvalue weighted by Crippen LogP contribution is -2.48. The summed E-state index contributed by atoms with van der Waals surface area (Å²) in [5.41, 5.74) is 1.02. The Hall–Kier alpha value is -1.20. The van der Waals surface area contributed by atoms with Crippen LogP contribution in [0.25, 0.3) is 10.6 Å². The van der Waals surface area contributed by atoms with Gasteiger partial charge in [-0.3, -0.25) is 0 Å². The van der Waals surface area contributed by atoms with Gasteiger partial charge in [0.1, 0.15) is 5.69 Å². The van der Waals surface area contributed by atoms with Crippen molar-refractivity contribution in [2.75, 3.05) is 19.6 Å². The minimum Gasteiger partial charge on any atom is -0.301 e. The molecule has 0 N–H and O–H groups in total. The van der Waals surface area contributed by atoms with E-state index in [1.54, 1.807) is 11.3 Å². The average molecular weight is 274 g/mol. The number of rotatable bonds is 2. The molecule has 5 heteroatoms. The van der Waals surface area contributed by atoms with Gasteiger partial charge in [0.2, 0.25) is 0 Å². The van der Waals surface area contributed by atoms with Crippen molar-refractivity contribution in [1.29, 1.82) is 0 Å². The number of aromatic nitrogens is 3. The SMILES string of the molecule is Cc1ccc(-c2cn([C@H]3CN4CCC3CC4)nn2)s1. The Labute approximate surface area is 117 Å². The third-order valence-electron chi connectivity index (χ3n) is 4.46. The molecular weight excluding hydrogens is 256 g/mol. The summed E-state index contributed by atoms with van der Waals surface area (Å²) in [6.07, 6.45) is 4.77. The molecule has 2 bridgehead atoms. The summed E-state index contributed by atoms with van der Waals surface area (Å²) in [6.45, 7) is 5.82. The highest BCUT2D eigenvalue weighted by atomic mass is 32.1. The third-order valence-corrected chi connectivity index (χ3v) is 5.49. The Bertz CT molecular complexity index is 580. The van der Waals surface area contributed by atoms with Crippen molar-refractivity contribution in [2.24, 2.45) is 5.92 Å². The van der Waals surface area contributed by atoms with Crippen molar-refractivity contribution >= 4 is 11.3 Å². The highest BCUT2D eigenvalue weighted by Crippen LogP contribution is 2.36. The van der Waals surface area contributed by atoms with Gasteiger partial charge < -0.3 is 4.90 Å². The fourth-order valence-corrected chi connectivity index (χ4v) is 4.17. The van der Waals surface area contributed by atoms with Crippen LogP contribution in [0.5, 0.6) is 0 Å². The van der Waals surface area contributed by atoms with Gasteiger partial charge in [-0.05, 0) is 50.9 Å². The smallest absolute Gasteiger partial charge is 0.123 e. The van der Waals surface area contributed by atoms with Gasteiger partial charge in [-0.25, -0.2) is 4.68 Å². The molecule has 0 aliphatic carbocycles. The van der Waals surface area contributed by atoms with Crippen LogP contribution in [-0.4, -0.2) is 39.5 Å². The highest BCUT2D eigenvalue weighted by Gasteiger charge is 2.35. The Morgan fingerprint density at radius 1 is 1.26 bits per heavy atom. The molecule has 1 atom stereocenters. The van der Waals surface area contributed by atoms with Gasteiger partial charge in [0.05, 0.1) is 17.1 Å². The molecule has 0 unspecified atom stereocenters. The zero-order valence-electron chi connectivity index (χ0n) is 11.1. The maximum atomic E-state index is 4.39.